The van der Waals surface area contributed by atoms with E-state index >= 15 is 0 Å². The standard InChI is InChI=1S/C25H26ClN3O3S/c1-33(31,32)29(23-7-3-2-4-8-23)19-20-10-12-21(13-11-20)25(30)28-16-14-27(15-17-28)24-9-5-6-22(26)18-24/h2-13,18H,14-17,19H2,1H3. The first-order chi connectivity index (χ1) is 15.8. The highest BCUT2D eigenvalue weighted by atomic mass is 35.5. The van der Waals surface area contributed by atoms with E-state index in [1.54, 1.807) is 36.4 Å². The Balaban J connectivity index is 1.40. The number of carbonyl (C=O) groups is 1. The van der Waals surface area contributed by atoms with Crippen molar-refractivity contribution in [2.75, 3.05) is 41.6 Å². The Morgan fingerprint density at radius 1 is 0.909 bits per heavy atom. The molecular weight excluding hydrogens is 458 g/mol. The summed E-state index contributed by atoms with van der Waals surface area (Å²) in [5.74, 6) is -0.0182. The summed E-state index contributed by atoms with van der Waals surface area (Å²) in [7, 11) is -3.45. The molecule has 0 bridgehead atoms. The van der Waals surface area contributed by atoms with Gasteiger partial charge in [-0.15, -0.1) is 0 Å². The summed E-state index contributed by atoms with van der Waals surface area (Å²) in [6.07, 6.45) is 1.20. The maximum absolute atomic E-state index is 13.0. The largest absolute Gasteiger partial charge is 0.368 e. The Morgan fingerprint density at radius 3 is 2.18 bits per heavy atom. The minimum Gasteiger partial charge on any atom is -0.368 e. The van der Waals surface area contributed by atoms with E-state index in [1.165, 1.54) is 10.6 Å². The van der Waals surface area contributed by atoms with Crippen LogP contribution in [0.3, 0.4) is 0 Å². The van der Waals surface area contributed by atoms with E-state index in [0.717, 1.165) is 24.3 Å². The first-order valence-corrected chi connectivity index (χ1v) is 13.0. The number of anilines is 2. The summed E-state index contributed by atoms with van der Waals surface area (Å²) in [5, 5.41) is 0.702. The van der Waals surface area contributed by atoms with Gasteiger partial charge in [-0.2, -0.15) is 0 Å². The number of para-hydroxylation sites is 1. The maximum atomic E-state index is 13.0. The van der Waals surface area contributed by atoms with Gasteiger partial charge in [-0.3, -0.25) is 9.10 Å². The van der Waals surface area contributed by atoms with Gasteiger partial charge in [-0.05, 0) is 48.0 Å². The van der Waals surface area contributed by atoms with Crippen LogP contribution in [-0.4, -0.2) is 51.7 Å². The van der Waals surface area contributed by atoms with Crippen molar-refractivity contribution < 1.29 is 13.2 Å². The van der Waals surface area contributed by atoms with Crippen molar-refractivity contribution in [3.05, 3.63) is 95.0 Å². The van der Waals surface area contributed by atoms with Gasteiger partial charge in [0.15, 0.2) is 0 Å². The topological polar surface area (TPSA) is 60.9 Å². The molecule has 6 nitrogen and oxygen atoms in total. The summed E-state index contributed by atoms with van der Waals surface area (Å²) in [6, 6.07) is 23.9. The van der Waals surface area contributed by atoms with Crippen LogP contribution in [0, 0.1) is 0 Å². The van der Waals surface area contributed by atoms with Crippen molar-refractivity contribution in [2.45, 2.75) is 6.54 Å². The molecule has 0 radical (unpaired) electrons. The van der Waals surface area contributed by atoms with Crippen molar-refractivity contribution in [3.63, 3.8) is 0 Å². The molecule has 172 valence electrons. The number of carbonyl (C=O) groups excluding carboxylic acids is 1. The Bertz CT molecular complexity index is 1210. The first-order valence-electron chi connectivity index (χ1n) is 10.7. The third-order valence-corrected chi connectivity index (χ3v) is 7.09. The highest BCUT2D eigenvalue weighted by Gasteiger charge is 2.23. The molecule has 0 spiro atoms. The van der Waals surface area contributed by atoms with Gasteiger partial charge in [0.2, 0.25) is 10.0 Å². The Kier molecular flexibility index (Phi) is 6.91. The van der Waals surface area contributed by atoms with E-state index in [9.17, 15) is 13.2 Å². The number of rotatable bonds is 6. The number of hydrogen-bond donors (Lipinski definition) is 0. The monoisotopic (exact) mass is 483 g/mol. The summed E-state index contributed by atoms with van der Waals surface area (Å²) < 4.78 is 26.0. The van der Waals surface area contributed by atoms with Crippen molar-refractivity contribution >= 4 is 38.9 Å². The molecule has 0 saturated carbocycles. The van der Waals surface area contributed by atoms with E-state index in [2.05, 4.69) is 4.90 Å². The van der Waals surface area contributed by atoms with Crippen LogP contribution < -0.4 is 9.21 Å². The summed E-state index contributed by atoms with van der Waals surface area (Å²) in [6.45, 7) is 2.94. The molecule has 0 aromatic heterocycles. The molecule has 4 rings (SSSR count). The molecule has 0 unspecified atom stereocenters. The van der Waals surface area contributed by atoms with Gasteiger partial charge in [-0.1, -0.05) is 48.0 Å². The van der Waals surface area contributed by atoms with Gasteiger partial charge in [0.25, 0.3) is 5.91 Å². The van der Waals surface area contributed by atoms with Crippen molar-refractivity contribution in [1.82, 2.24) is 4.90 Å². The summed E-state index contributed by atoms with van der Waals surface area (Å²) in [5.41, 5.74) is 3.08. The lowest BCUT2D eigenvalue weighted by Crippen LogP contribution is -2.48. The zero-order valence-electron chi connectivity index (χ0n) is 18.4. The molecule has 1 saturated heterocycles. The maximum Gasteiger partial charge on any atom is 0.253 e. The van der Waals surface area contributed by atoms with Crippen LogP contribution in [0.15, 0.2) is 78.9 Å². The van der Waals surface area contributed by atoms with Gasteiger partial charge in [-0.25, -0.2) is 8.42 Å². The number of hydrogen-bond acceptors (Lipinski definition) is 4. The lowest BCUT2D eigenvalue weighted by molar-refractivity contribution is 0.0746. The fourth-order valence-corrected chi connectivity index (χ4v) is 5.01. The van der Waals surface area contributed by atoms with Crippen molar-refractivity contribution in [2.24, 2.45) is 0 Å². The normalized spacial score (nSPS) is 14.2. The Hall–Kier alpha value is -3.03. The van der Waals surface area contributed by atoms with Crippen LogP contribution in [0.1, 0.15) is 15.9 Å². The van der Waals surface area contributed by atoms with Crippen molar-refractivity contribution in [1.29, 1.82) is 0 Å². The smallest absolute Gasteiger partial charge is 0.253 e. The number of amides is 1. The predicted molar refractivity (Wildman–Crippen MR) is 133 cm³/mol. The number of sulfonamides is 1. The van der Waals surface area contributed by atoms with Gasteiger partial charge in [0.05, 0.1) is 18.5 Å². The highest BCUT2D eigenvalue weighted by Crippen LogP contribution is 2.23. The molecule has 1 fully saturated rings. The summed E-state index contributed by atoms with van der Waals surface area (Å²) >= 11 is 6.10. The molecule has 3 aromatic rings. The molecule has 8 heteroatoms. The lowest BCUT2D eigenvalue weighted by atomic mass is 10.1. The van der Waals surface area contributed by atoms with Crippen LogP contribution in [0.25, 0.3) is 0 Å². The van der Waals surface area contributed by atoms with E-state index in [1.807, 2.05) is 47.4 Å². The molecule has 33 heavy (non-hydrogen) atoms. The molecule has 3 aromatic carbocycles. The van der Waals surface area contributed by atoms with Gasteiger partial charge in [0, 0.05) is 42.5 Å². The van der Waals surface area contributed by atoms with Crippen LogP contribution >= 0.6 is 11.6 Å². The molecular formula is C25H26ClN3O3S. The second-order valence-electron chi connectivity index (χ2n) is 8.06. The molecule has 1 heterocycles. The van der Waals surface area contributed by atoms with E-state index in [4.69, 9.17) is 11.6 Å². The van der Waals surface area contributed by atoms with Crippen LogP contribution in [-0.2, 0) is 16.6 Å². The zero-order valence-corrected chi connectivity index (χ0v) is 20.0. The third-order valence-electron chi connectivity index (χ3n) is 5.71. The van der Waals surface area contributed by atoms with E-state index in [-0.39, 0.29) is 12.5 Å². The lowest BCUT2D eigenvalue weighted by Gasteiger charge is -2.36. The average Bonchev–Trinajstić information content (AvgIpc) is 2.82. The molecule has 0 aliphatic carbocycles. The minimum atomic E-state index is -3.45. The minimum absolute atomic E-state index is 0.0182. The number of benzene rings is 3. The highest BCUT2D eigenvalue weighted by molar-refractivity contribution is 7.92. The Labute approximate surface area is 200 Å². The SMILES string of the molecule is CS(=O)(=O)N(Cc1ccc(C(=O)N2CCN(c3cccc(Cl)c3)CC2)cc1)c1ccccc1. The molecule has 0 N–H and O–H groups in total. The quantitative estimate of drug-likeness (QED) is 0.525. The summed E-state index contributed by atoms with van der Waals surface area (Å²) in [4.78, 5) is 17.1. The number of nitrogens with zero attached hydrogens (tertiary/aromatic N) is 3. The van der Waals surface area contributed by atoms with Gasteiger partial charge < -0.3 is 9.80 Å². The zero-order chi connectivity index (χ0) is 23.4. The van der Waals surface area contributed by atoms with E-state index < -0.39 is 10.0 Å². The third kappa shape index (κ3) is 5.67. The van der Waals surface area contributed by atoms with Crippen LogP contribution in [0.5, 0.6) is 0 Å². The molecule has 1 aliphatic heterocycles. The fourth-order valence-electron chi connectivity index (χ4n) is 3.94. The van der Waals surface area contributed by atoms with Gasteiger partial charge >= 0.3 is 0 Å². The second kappa shape index (κ2) is 9.85. The molecule has 1 amide bonds. The van der Waals surface area contributed by atoms with E-state index in [0.29, 0.717) is 29.4 Å². The average molecular weight is 484 g/mol. The van der Waals surface area contributed by atoms with Crippen LogP contribution in [0.2, 0.25) is 5.02 Å². The van der Waals surface area contributed by atoms with Crippen LogP contribution in [0.4, 0.5) is 11.4 Å². The van der Waals surface area contributed by atoms with Gasteiger partial charge in [0.1, 0.15) is 0 Å². The second-order valence-corrected chi connectivity index (χ2v) is 10.4. The molecule has 0 atom stereocenters. The Morgan fingerprint density at radius 2 is 1.58 bits per heavy atom. The predicted octanol–water partition coefficient (Wildman–Crippen LogP) is 4.27. The van der Waals surface area contributed by atoms with Crippen molar-refractivity contribution in [3.8, 4) is 0 Å². The first kappa shape index (κ1) is 23.1. The number of piperazine rings is 1. The number of halogens is 1. The molecule has 1 aliphatic rings. The fraction of sp³-hybridized carbons (Fsp3) is 0.240.